The molecule has 0 saturated heterocycles. The molecule has 0 heterocycles. The molecule has 0 aliphatic rings. The lowest BCUT2D eigenvalue weighted by Gasteiger charge is -2.04. The average molecular weight is 356 g/mol. The molecule has 0 unspecified atom stereocenters. The van der Waals surface area contributed by atoms with Crippen LogP contribution in [0.3, 0.4) is 0 Å². The van der Waals surface area contributed by atoms with Crippen molar-refractivity contribution in [2.75, 3.05) is 11.5 Å². The fraction of sp³-hybridized carbons (Fsp3) is 0. The maximum absolute atomic E-state index is 11.6. The maximum atomic E-state index is 11.6. The molecule has 3 aromatic carbocycles. The first-order valence-electron chi connectivity index (χ1n) is 7.86. The zero-order valence-electron chi connectivity index (χ0n) is 14.3. The molecule has 0 fully saturated rings. The highest BCUT2D eigenvalue weighted by Crippen LogP contribution is 2.15. The van der Waals surface area contributed by atoms with Gasteiger partial charge < -0.3 is 16.2 Å². The van der Waals surface area contributed by atoms with Gasteiger partial charge in [-0.25, -0.2) is 4.79 Å². The smallest absolute Gasteiger partial charge is 0.343 e. The van der Waals surface area contributed by atoms with Gasteiger partial charge in [0.1, 0.15) is 11.8 Å². The fourth-order valence-corrected chi connectivity index (χ4v) is 2.00. The van der Waals surface area contributed by atoms with Crippen molar-refractivity contribution >= 4 is 17.3 Å². The minimum Gasteiger partial charge on any atom is -0.423 e. The summed E-state index contributed by atoms with van der Waals surface area (Å²) in [5, 5.41) is 16.9. The third-order valence-electron chi connectivity index (χ3n) is 3.40. The van der Waals surface area contributed by atoms with Gasteiger partial charge in [-0.2, -0.15) is 10.5 Å². The predicted octanol–water partition coefficient (Wildman–Crippen LogP) is 3.50. The number of ether oxygens (including phenoxy) is 1. The standard InChI is InChI=1S/C13H11NO2.C8H5N3/c14-11-6-8-12(9-7-11)16-13(15)10-4-2-1-3-5-10;9-4-6-1-2-8(11)7(3-6)5-10/h1-9H,14H2;1-3H,11H2. The number of anilines is 2. The molecule has 0 aromatic heterocycles. The Balaban J connectivity index is 0.000000208. The largest absolute Gasteiger partial charge is 0.423 e. The summed E-state index contributed by atoms with van der Waals surface area (Å²) in [7, 11) is 0. The van der Waals surface area contributed by atoms with E-state index in [1.54, 1.807) is 60.7 Å². The highest BCUT2D eigenvalue weighted by molar-refractivity contribution is 5.90. The second-order valence-electron chi connectivity index (χ2n) is 5.35. The maximum Gasteiger partial charge on any atom is 0.343 e. The molecule has 132 valence electrons. The molecule has 0 saturated carbocycles. The van der Waals surface area contributed by atoms with Crippen LogP contribution in [0.25, 0.3) is 0 Å². The van der Waals surface area contributed by atoms with Crippen LogP contribution in [0.1, 0.15) is 21.5 Å². The normalized spacial score (nSPS) is 9.11. The Morgan fingerprint density at radius 1 is 0.852 bits per heavy atom. The molecule has 4 N–H and O–H groups in total. The lowest BCUT2D eigenvalue weighted by Crippen LogP contribution is -2.07. The van der Waals surface area contributed by atoms with E-state index in [1.165, 1.54) is 6.07 Å². The van der Waals surface area contributed by atoms with Crippen LogP contribution in [0, 0.1) is 22.7 Å². The number of nitrogens with two attached hydrogens (primary N) is 2. The molecular formula is C21H16N4O2. The molecule has 0 aliphatic carbocycles. The number of hydrogen-bond acceptors (Lipinski definition) is 6. The van der Waals surface area contributed by atoms with E-state index in [-0.39, 0.29) is 5.97 Å². The number of rotatable bonds is 2. The van der Waals surface area contributed by atoms with Gasteiger partial charge in [-0.05, 0) is 54.6 Å². The molecule has 0 radical (unpaired) electrons. The van der Waals surface area contributed by atoms with E-state index in [4.69, 9.17) is 26.7 Å². The highest BCUT2D eigenvalue weighted by Gasteiger charge is 2.06. The zero-order chi connectivity index (χ0) is 19.6. The third-order valence-corrected chi connectivity index (χ3v) is 3.40. The van der Waals surface area contributed by atoms with Crippen LogP contribution in [0.4, 0.5) is 11.4 Å². The summed E-state index contributed by atoms with van der Waals surface area (Å²) in [6.07, 6.45) is 0. The zero-order valence-corrected chi connectivity index (χ0v) is 14.3. The average Bonchev–Trinajstić information content (AvgIpc) is 2.71. The molecule has 3 rings (SSSR count). The monoisotopic (exact) mass is 356 g/mol. The van der Waals surface area contributed by atoms with E-state index in [1.807, 2.05) is 18.2 Å². The molecule has 0 spiro atoms. The van der Waals surface area contributed by atoms with E-state index >= 15 is 0 Å². The summed E-state index contributed by atoms with van der Waals surface area (Å²) < 4.78 is 5.16. The lowest BCUT2D eigenvalue weighted by atomic mass is 10.1. The SMILES string of the molecule is N#Cc1ccc(N)c(C#N)c1.Nc1ccc(OC(=O)c2ccccc2)cc1. The van der Waals surface area contributed by atoms with Crippen molar-refractivity contribution in [3.63, 3.8) is 0 Å². The molecule has 0 aliphatic heterocycles. The summed E-state index contributed by atoms with van der Waals surface area (Å²) in [5.74, 6) is 0.119. The molecule has 27 heavy (non-hydrogen) atoms. The summed E-state index contributed by atoms with van der Waals surface area (Å²) in [4.78, 5) is 11.6. The summed E-state index contributed by atoms with van der Waals surface area (Å²) in [6, 6.07) is 24.0. The predicted molar refractivity (Wildman–Crippen MR) is 103 cm³/mol. The number of carbonyl (C=O) groups is 1. The van der Waals surface area contributed by atoms with Gasteiger partial charge in [-0.1, -0.05) is 18.2 Å². The first kappa shape index (κ1) is 19.0. The van der Waals surface area contributed by atoms with Gasteiger partial charge in [0.25, 0.3) is 0 Å². The molecule has 6 nitrogen and oxygen atoms in total. The number of nitrogen functional groups attached to an aromatic ring is 2. The molecule has 0 atom stereocenters. The van der Waals surface area contributed by atoms with Gasteiger partial charge in [0.2, 0.25) is 0 Å². The number of benzene rings is 3. The lowest BCUT2D eigenvalue weighted by molar-refractivity contribution is 0.0735. The van der Waals surface area contributed by atoms with Crippen molar-refractivity contribution in [2.45, 2.75) is 0 Å². The number of nitrogens with zero attached hydrogens (tertiary/aromatic N) is 2. The van der Waals surface area contributed by atoms with Crippen LogP contribution >= 0.6 is 0 Å². The third kappa shape index (κ3) is 5.63. The first-order valence-corrected chi connectivity index (χ1v) is 7.86. The number of nitriles is 2. The first-order chi connectivity index (χ1) is 13.0. The van der Waals surface area contributed by atoms with Crippen LogP contribution in [-0.4, -0.2) is 5.97 Å². The number of hydrogen-bond donors (Lipinski definition) is 2. The minimum absolute atomic E-state index is 0.351. The van der Waals surface area contributed by atoms with E-state index < -0.39 is 0 Å². The summed E-state index contributed by atoms with van der Waals surface area (Å²) in [5.41, 5.74) is 13.3. The Bertz CT molecular complexity index is 1000. The quantitative estimate of drug-likeness (QED) is 0.411. The van der Waals surface area contributed by atoms with Crippen LogP contribution in [0.15, 0.2) is 72.8 Å². The Morgan fingerprint density at radius 3 is 2.11 bits per heavy atom. The van der Waals surface area contributed by atoms with Crippen molar-refractivity contribution in [1.82, 2.24) is 0 Å². The van der Waals surface area contributed by atoms with Gasteiger partial charge in [0.05, 0.1) is 22.8 Å². The molecule has 3 aromatic rings. The van der Waals surface area contributed by atoms with Gasteiger partial charge in [-0.3, -0.25) is 0 Å². The second kappa shape index (κ2) is 9.26. The topological polar surface area (TPSA) is 126 Å². The molecule has 0 amide bonds. The Hall–Kier alpha value is -4.29. The Kier molecular flexibility index (Phi) is 6.53. The van der Waals surface area contributed by atoms with E-state index in [9.17, 15) is 4.79 Å². The van der Waals surface area contributed by atoms with Crippen molar-refractivity contribution < 1.29 is 9.53 Å². The van der Waals surface area contributed by atoms with Gasteiger partial charge >= 0.3 is 5.97 Å². The van der Waals surface area contributed by atoms with E-state index in [2.05, 4.69) is 0 Å². The van der Waals surface area contributed by atoms with E-state index in [0.717, 1.165) is 0 Å². The number of esters is 1. The number of carbonyl (C=O) groups excluding carboxylic acids is 1. The highest BCUT2D eigenvalue weighted by atomic mass is 16.5. The van der Waals surface area contributed by atoms with Crippen LogP contribution in [0.5, 0.6) is 5.75 Å². The van der Waals surface area contributed by atoms with Crippen molar-refractivity contribution in [1.29, 1.82) is 10.5 Å². The van der Waals surface area contributed by atoms with Gasteiger partial charge in [-0.15, -0.1) is 0 Å². The molecule has 6 heteroatoms. The van der Waals surface area contributed by atoms with Crippen LogP contribution < -0.4 is 16.2 Å². The van der Waals surface area contributed by atoms with Crippen LogP contribution in [0.2, 0.25) is 0 Å². The summed E-state index contributed by atoms with van der Waals surface area (Å²) in [6.45, 7) is 0. The van der Waals surface area contributed by atoms with Gasteiger partial charge in [0, 0.05) is 11.4 Å². The van der Waals surface area contributed by atoms with Crippen molar-refractivity contribution in [2.24, 2.45) is 0 Å². The van der Waals surface area contributed by atoms with Crippen LogP contribution in [-0.2, 0) is 0 Å². The van der Waals surface area contributed by atoms with E-state index in [0.29, 0.717) is 33.8 Å². The fourth-order valence-electron chi connectivity index (χ4n) is 2.00. The minimum atomic E-state index is -0.370. The second-order valence-corrected chi connectivity index (χ2v) is 5.35. The van der Waals surface area contributed by atoms with Gasteiger partial charge in [0.15, 0.2) is 0 Å². The van der Waals surface area contributed by atoms with Crippen molar-refractivity contribution in [3.8, 4) is 17.9 Å². The van der Waals surface area contributed by atoms with Crippen molar-refractivity contribution in [3.05, 3.63) is 89.5 Å². The Morgan fingerprint density at radius 2 is 1.52 bits per heavy atom. The summed E-state index contributed by atoms with van der Waals surface area (Å²) >= 11 is 0. The molecule has 0 bridgehead atoms. The molecular weight excluding hydrogens is 340 g/mol. The Labute approximate surface area is 156 Å².